The number of pyridine rings is 2. The van der Waals surface area contributed by atoms with E-state index >= 15 is 0 Å². The van der Waals surface area contributed by atoms with E-state index in [0.29, 0.717) is 35.8 Å². The summed E-state index contributed by atoms with van der Waals surface area (Å²) in [5.74, 6) is 1.46. The number of fused-ring (bicyclic) bond motifs is 1. The van der Waals surface area contributed by atoms with Crippen LogP contribution >= 0.6 is 0 Å². The third kappa shape index (κ3) is 7.29. The standard InChI is InChI=1S/C26H37N9O/c1-18(2)19(13-27)12-24(29)33-25-6-5-22-23(32-25)11-20(16-31-22)21(14-28)15-30-7-4-8-35-10-9-34(3)17-26(35)36/h5-6,11-16,18,28,30H,4,7-10,17,27,29H2,1-3H3,(H,32,33)/b19-13+,21-15+,24-12+,28-14?. The molecule has 7 N–H and O–H groups in total. The normalized spacial score (nSPS) is 16.1. The van der Waals surface area contributed by atoms with Gasteiger partial charge in [-0.3, -0.25) is 14.7 Å². The summed E-state index contributed by atoms with van der Waals surface area (Å²) in [5, 5.41) is 14.2. The molecule has 10 heteroatoms. The summed E-state index contributed by atoms with van der Waals surface area (Å²) in [6.45, 7) is 7.67. The molecule has 1 aliphatic rings. The summed E-state index contributed by atoms with van der Waals surface area (Å²) >= 11 is 0. The van der Waals surface area contributed by atoms with Gasteiger partial charge in [0.1, 0.15) is 11.6 Å². The average molecular weight is 492 g/mol. The molecule has 36 heavy (non-hydrogen) atoms. The Bertz CT molecular complexity index is 1170. The second-order valence-corrected chi connectivity index (χ2v) is 9.18. The van der Waals surface area contributed by atoms with Gasteiger partial charge in [-0.2, -0.15) is 0 Å². The molecule has 192 valence electrons. The molecular formula is C26H37N9O. The Labute approximate surface area is 212 Å². The first kappa shape index (κ1) is 26.7. The van der Waals surface area contributed by atoms with Gasteiger partial charge in [-0.15, -0.1) is 0 Å². The number of rotatable bonds is 11. The Morgan fingerprint density at radius 3 is 2.78 bits per heavy atom. The lowest BCUT2D eigenvalue weighted by molar-refractivity contribution is -0.135. The Morgan fingerprint density at radius 2 is 2.08 bits per heavy atom. The Hall–Kier alpha value is -3.92. The van der Waals surface area contributed by atoms with E-state index in [4.69, 9.17) is 16.9 Å². The Morgan fingerprint density at radius 1 is 1.28 bits per heavy atom. The molecule has 3 rings (SSSR count). The fraction of sp³-hybridized carbons (Fsp3) is 0.385. The van der Waals surface area contributed by atoms with Crippen molar-refractivity contribution in [1.82, 2.24) is 25.1 Å². The van der Waals surface area contributed by atoms with Crippen molar-refractivity contribution < 1.29 is 4.79 Å². The van der Waals surface area contributed by atoms with Crippen molar-refractivity contribution in [2.45, 2.75) is 20.3 Å². The fourth-order valence-corrected chi connectivity index (χ4v) is 3.83. The second-order valence-electron chi connectivity index (χ2n) is 9.18. The van der Waals surface area contributed by atoms with Gasteiger partial charge >= 0.3 is 0 Å². The van der Waals surface area contributed by atoms with E-state index in [1.165, 1.54) is 6.21 Å². The lowest BCUT2D eigenvalue weighted by Crippen LogP contribution is -2.49. The highest BCUT2D eigenvalue weighted by Crippen LogP contribution is 2.19. The number of allylic oxidation sites excluding steroid dienone is 3. The molecule has 2 aromatic rings. The first-order valence-corrected chi connectivity index (χ1v) is 12.1. The molecule has 3 heterocycles. The van der Waals surface area contributed by atoms with Crippen LogP contribution < -0.4 is 22.1 Å². The molecule has 1 amide bonds. The molecule has 1 aliphatic heterocycles. The van der Waals surface area contributed by atoms with Crippen LogP contribution in [0.15, 0.2) is 54.3 Å². The Balaban J connectivity index is 1.63. The van der Waals surface area contributed by atoms with Gasteiger partial charge in [-0.25, -0.2) is 4.98 Å². The lowest BCUT2D eigenvalue weighted by Gasteiger charge is -2.32. The minimum atomic E-state index is 0.177. The number of amides is 1. The SMILES string of the molecule is CC(C)C(=C/N)/C=C(\N)Nc1ccc2ncc(/C(C=N)=C/NCCCN3CCN(C)CC3=O)cc2n1. The van der Waals surface area contributed by atoms with Gasteiger partial charge in [0.15, 0.2) is 0 Å². The van der Waals surface area contributed by atoms with Crippen molar-refractivity contribution in [2.24, 2.45) is 17.4 Å². The Kier molecular flexibility index (Phi) is 9.40. The number of hydrogen-bond acceptors (Lipinski definition) is 9. The number of carbonyl (C=O) groups excluding carboxylic acids is 1. The second kappa shape index (κ2) is 12.7. The number of nitrogens with one attached hydrogen (secondary N) is 3. The van der Waals surface area contributed by atoms with Crippen LogP contribution in [-0.4, -0.2) is 71.7 Å². The lowest BCUT2D eigenvalue weighted by atomic mass is 10.0. The van der Waals surface area contributed by atoms with Gasteiger partial charge in [0.25, 0.3) is 0 Å². The van der Waals surface area contributed by atoms with Crippen LogP contribution in [0.1, 0.15) is 25.8 Å². The smallest absolute Gasteiger partial charge is 0.236 e. The monoisotopic (exact) mass is 491 g/mol. The highest BCUT2D eigenvalue weighted by atomic mass is 16.2. The minimum Gasteiger partial charge on any atom is -0.404 e. The number of anilines is 1. The third-order valence-corrected chi connectivity index (χ3v) is 6.00. The molecule has 0 unspecified atom stereocenters. The zero-order valence-corrected chi connectivity index (χ0v) is 21.3. The van der Waals surface area contributed by atoms with E-state index in [-0.39, 0.29) is 11.8 Å². The predicted octanol–water partition coefficient (Wildman–Crippen LogP) is 2.08. The van der Waals surface area contributed by atoms with Gasteiger partial charge in [-0.05, 0) is 55.4 Å². The minimum absolute atomic E-state index is 0.177. The number of carbonyl (C=O) groups is 1. The van der Waals surface area contributed by atoms with Crippen LogP contribution in [0.4, 0.5) is 5.82 Å². The van der Waals surface area contributed by atoms with E-state index in [9.17, 15) is 4.79 Å². The number of piperazine rings is 1. The maximum atomic E-state index is 12.1. The highest BCUT2D eigenvalue weighted by molar-refractivity contribution is 6.08. The molecule has 1 saturated heterocycles. The van der Waals surface area contributed by atoms with Crippen molar-refractivity contribution in [2.75, 3.05) is 45.1 Å². The molecule has 0 aliphatic carbocycles. The van der Waals surface area contributed by atoms with Crippen molar-refractivity contribution in [3.8, 4) is 0 Å². The maximum Gasteiger partial charge on any atom is 0.236 e. The zero-order valence-electron chi connectivity index (χ0n) is 21.3. The summed E-state index contributed by atoms with van der Waals surface area (Å²) in [6.07, 6.45) is 9.00. The predicted molar refractivity (Wildman–Crippen MR) is 146 cm³/mol. The number of hydrogen-bond donors (Lipinski definition) is 5. The van der Waals surface area contributed by atoms with Crippen LogP contribution in [0.2, 0.25) is 0 Å². The van der Waals surface area contributed by atoms with E-state index in [0.717, 1.165) is 42.7 Å². The van der Waals surface area contributed by atoms with Crippen LogP contribution in [-0.2, 0) is 4.79 Å². The van der Waals surface area contributed by atoms with Crippen molar-refractivity contribution in [3.05, 3.63) is 59.8 Å². The molecule has 0 saturated carbocycles. The molecule has 2 aromatic heterocycles. The van der Waals surface area contributed by atoms with E-state index in [1.807, 2.05) is 48.9 Å². The summed E-state index contributed by atoms with van der Waals surface area (Å²) in [6, 6.07) is 5.58. The molecule has 0 radical (unpaired) electrons. The van der Waals surface area contributed by atoms with Crippen molar-refractivity contribution in [3.63, 3.8) is 0 Å². The summed E-state index contributed by atoms with van der Waals surface area (Å²) < 4.78 is 0. The molecule has 0 spiro atoms. The molecule has 0 aromatic carbocycles. The van der Waals surface area contributed by atoms with E-state index in [1.54, 1.807) is 24.7 Å². The number of aromatic nitrogens is 2. The van der Waals surface area contributed by atoms with Gasteiger partial charge in [-0.1, -0.05) is 13.8 Å². The third-order valence-electron chi connectivity index (χ3n) is 6.00. The first-order valence-electron chi connectivity index (χ1n) is 12.1. The maximum absolute atomic E-state index is 12.1. The summed E-state index contributed by atoms with van der Waals surface area (Å²) in [7, 11) is 1.96. The summed E-state index contributed by atoms with van der Waals surface area (Å²) in [5.41, 5.74) is 15.6. The van der Waals surface area contributed by atoms with E-state index in [2.05, 4.69) is 20.6 Å². The van der Waals surface area contributed by atoms with Gasteiger partial charge < -0.3 is 32.4 Å². The number of likely N-dealkylation sites (N-methyl/N-ethyl adjacent to an activating group) is 1. The molecular weight excluding hydrogens is 454 g/mol. The average Bonchev–Trinajstić information content (AvgIpc) is 2.85. The van der Waals surface area contributed by atoms with Crippen LogP contribution in [0.5, 0.6) is 0 Å². The van der Waals surface area contributed by atoms with Crippen molar-refractivity contribution >= 4 is 34.5 Å². The van der Waals surface area contributed by atoms with Gasteiger partial charge in [0.05, 0.1) is 17.6 Å². The molecule has 10 nitrogen and oxygen atoms in total. The van der Waals surface area contributed by atoms with Crippen LogP contribution in [0.3, 0.4) is 0 Å². The van der Waals surface area contributed by atoms with Crippen LogP contribution in [0.25, 0.3) is 16.6 Å². The van der Waals surface area contributed by atoms with Gasteiger partial charge in [0.2, 0.25) is 5.91 Å². The molecule has 0 bridgehead atoms. The quantitative estimate of drug-likeness (QED) is 0.182. The fourth-order valence-electron chi connectivity index (χ4n) is 3.83. The first-order chi connectivity index (χ1) is 17.3. The van der Waals surface area contributed by atoms with Crippen LogP contribution in [0, 0.1) is 11.3 Å². The highest BCUT2D eigenvalue weighted by Gasteiger charge is 2.20. The largest absolute Gasteiger partial charge is 0.404 e. The zero-order chi connectivity index (χ0) is 26.1. The number of nitrogens with two attached hydrogens (primary N) is 2. The number of nitrogens with zero attached hydrogens (tertiary/aromatic N) is 4. The molecule has 0 atom stereocenters. The van der Waals surface area contributed by atoms with Gasteiger partial charge in [0, 0.05) is 55.9 Å². The van der Waals surface area contributed by atoms with Crippen molar-refractivity contribution in [1.29, 1.82) is 5.41 Å². The topological polar surface area (TPSA) is 149 Å². The summed E-state index contributed by atoms with van der Waals surface area (Å²) in [4.78, 5) is 25.1. The van der Waals surface area contributed by atoms with E-state index < -0.39 is 0 Å². The molecule has 1 fully saturated rings.